The maximum absolute atomic E-state index is 10.0. The van der Waals surface area contributed by atoms with E-state index in [1.54, 1.807) is 0 Å². The summed E-state index contributed by atoms with van der Waals surface area (Å²) in [6, 6.07) is 8.49. The minimum absolute atomic E-state index is 0.370. The number of aryl methyl sites for hydroxylation is 1. The number of hydrogen-bond donors (Lipinski definition) is 2. The first-order chi connectivity index (χ1) is 7.63. The zero-order valence-corrected chi connectivity index (χ0v) is 9.82. The zero-order valence-electron chi connectivity index (χ0n) is 9.82. The highest BCUT2D eigenvalue weighted by Gasteiger charge is 2.30. The van der Waals surface area contributed by atoms with Gasteiger partial charge in [0, 0.05) is 25.3 Å². The first-order valence-electron chi connectivity index (χ1n) is 5.87. The Morgan fingerprint density at radius 1 is 1.38 bits per heavy atom. The van der Waals surface area contributed by atoms with Crippen LogP contribution in [0.4, 0.5) is 5.69 Å². The third-order valence-corrected chi connectivity index (χ3v) is 3.44. The van der Waals surface area contributed by atoms with Crippen LogP contribution in [0.5, 0.6) is 0 Å². The molecular formula is C13H20N2O. The lowest BCUT2D eigenvalue weighted by Crippen LogP contribution is -2.48. The van der Waals surface area contributed by atoms with Crippen molar-refractivity contribution >= 4 is 5.69 Å². The normalized spacial score (nSPS) is 19.8. The molecule has 0 saturated carbocycles. The number of rotatable bonds is 2. The molecule has 0 atom stereocenters. The van der Waals surface area contributed by atoms with Crippen LogP contribution in [0.1, 0.15) is 18.4 Å². The highest BCUT2D eigenvalue weighted by Crippen LogP contribution is 2.25. The number of nitrogens with zero attached hydrogens (tertiary/aromatic N) is 1. The Balaban J connectivity index is 2.04. The minimum atomic E-state index is -0.639. The van der Waals surface area contributed by atoms with E-state index in [4.69, 9.17) is 5.73 Å². The fourth-order valence-corrected chi connectivity index (χ4v) is 2.21. The molecule has 88 valence electrons. The van der Waals surface area contributed by atoms with Crippen molar-refractivity contribution in [2.45, 2.75) is 25.4 Å². The quantitative estimate of drug-likeness (QED) is 0.789. The predicted octanol–water partition coefficient (Wildman–Crippen LogP) is 1.29. The van der Waals surface area contributed by atoms with Crippen LogP contribution in [-0.4, -0.2) is 30.3 Å². The number of nitrogens with two attached hydrogens (primary N) is 1. The van der Waals surface area contributed by atoms with Crippen molar-refractivity contribution in [3.8, 4) is 0 Å². The molecule has 0 bridgehead atoms. The predicted molar refractivity (Wildman–Crippen MR) is 66.6 cm³/mol. The van der Waals surface area contributed by atoms with Gasteiger partial charge < -0.3 is 15.7 Å². The molecule has 3 nitrogen and oxygen atoms in total. The summed E-state index contributed by atoms with van der Waals surface area (Å²) in [7, 11) is 0. The SMILES string of the molecule is Cc1cccc(N2CCC(O)(CN)CC2)c1. The Morgan fingerprint density at radius 2 is 2.06 bits per heavy atom. The van der Waals surface area contributed by atoms with E-state index in [1.807, 2.05) is 0 Å². The van der Waals surface area contributed by atoms with E-state index in [2.05, 4.69) is 36.1 Å². The van der Waals surface area contributed by atoms with E-state index in [0.717, 1.165) is 25.9 Å². The fraction of sp³-hybridized carbons (Fsp3) is 0.538. The number of hydrogen-bond acceptors (Lipinski definition) is 3. The van der Waals surface area contributed by atoms with Crippen LogP contribution in [0.15, 0.2) is 24.3 Å². The van der Waals surface area contributed by atoms with Gasteiger partial charge in [-0.3, -0.25) is 0 Å². The molecule has 1 aliphatic heterocycles. The van der Waals surface area contributed by atoms with Gasteiger partial charge in [0.2, 0.25) is 0 Å². The fourth-order valence-electron chi connectivity index (χ4n) is 2.21. The number of benzene rings is 1. The van der Waals surface area contributed by atoms with Gasteiger partial charge in [-0.25, -0.2) is 0 Å². The maximum Gasteiger partial charge on any atom is 0.0803 e. The monoisotopic (exact) mass is 220 g/mol. The third-order valence-electron chi connectivity index (χ3n) is 3.44. The molecule has 3 N–H and O–H groups in total. The highest BCUT2D eigenvalue weighted by atomic mass is 16.3. The lowest BCUT2D eigenvalue weighted by molar-refractivity contribution is 0.0250. The zero-order chi connectivity index (χ0) is 11.6. The summed E-state index contributed by atoms with van der Waals surface area (Å²) >= 11 is 0. The van der Waals surface area contributed by atoms with E-state index in [0.29, 0.717) is 6.54 Å². The van der Waals surface area contributed by atoms with Crippen molar-refractivity contribution in [1.29, 1.82) is 0 Å². The van der Waals surface area contributed by atoms with Crippen LogP contribution < -0.4 is 10.6 Å². The van der Waals surface area contributed by atoms with Crippen LogP contribution in [0.2, 0.25) is 0 Å². The summed E-state index contributed by atoms with van der Waals surface area (Å²) in [4.78, 5) is 2.32. The molecule has 1 aromatic carbocycles. The molecule has 1 fully saturated rings. The average molecular weight is 220 g/mol. The molecule has 16 heavy (non-hydrogen) atoms. The van der Waals surface area contributed by atoms with Crippen LogP contribution in [0.25, 0.3) is 0 Å². The Labute approximate surface area is 96.9 Å². The van der Waals surface area contributed by atoms with E-state index in [9.17, 15) is 5.11 Å². The Bertz CT molecular complexity index is 357. The molecule has 2 rings (SSSR count). The van der Waals surface area contributed by atoms with Crippen LogP contribution in [-0.2, 0) is 0 Å². The molecule has 1 aliphatic rings. The van der Waals surface area contributed by atoms with Crippen molar-refractivity contribution in [2.75, 3.05) is 24.5 Å². The van der Waals surface area contributed by atoms with E-state index < -0.39 is 5.60 Å². The minimum Gasteiger partial charge on any atom is -0.388 e. The number of anilines is 1. The lowest BCUT2D eigenvalue weighted by atomic mass is 9.91. The molecule has 1 heterocycles. The molecule has 0 aliphatic carbocycles. The van der Waals surface area contributed by atoms with Gasteiger partial charge >= 0.3 is 0 Å². The molecule has 3 heteroatoms. The van der Waals surface area contributed by atoms with E-state index in [1.165, 1.54) is 11.3 Å². The second-order valence-corrected chi connectivity index (χ2v) is 4.75. The maximum atomic E-state index is 10.0. The van der Waals surface area contributed by atoms with Gasteiger partial charge in [0.25, 0.3) is 0 Å². The molecule has 0 spiro atoms. The summed E-state index contributed by atoms with van der Waals surface area (Å²) in [6.45, 7) is 4.24. The first kappa shape index (κ1) is 11.4. The van der Waals surface area contributed by atoms with Crippen molar-refractivity contribution in [3.05, 3.63) is 29.8 Å². The molecule has 1 saturated heterocycles. The van der Waals surface area contributed by atoms with E-state index >= 15 is 0 Å². The molecule has 0 aromatic heterocycles. The van der Waals surface area contributed by atoms with Gasteiger partial charge in [0.1, 0.15) is 0 Å². The van der Waals surface area contributed by atoms with Gasteiger partial charge in [-0.2, -0.15) is 0 Å². The van der Waals surface area contributed by atoms with Crippen LogP contribution in [0.3, 0.4) is 0 Å². The Morgan fingerprint density at radius 3 is 2.62 bits per heavy atom. The summed E-state index contributed by atoms with van der Waals surface area (Å²) in [5, 5.41) is 10.0. The van der Waals surface area contributed by atoms with Gasteiger partial charge in [0.05, 0.1) is 5.60 Å². The van der Waals surface area contributed by atoms with Crippen LogP contribution >= 0.6 is 0 Å². The van der Waals surface area contributed by atoms with Gasteiger partial charge in [-0.05, 0) is 37.5 Å². The summed E-state index contributed by atoms with van der Waals surface area (Å²) < 4.78 is 0. The van der Waals surface area contributed by atoms with Gasteiger partial charge in [-0.15, -0.1) is 0 Å². The summed E-state index contributed by atoms with van der Waals surface area (Å²) in [5.74, 6) is 0. The van der Waals surface area contributed by atoms with Crippen molar-refractivity contribution in [1.82, 2.24) is 0 Å². The Kier molecular flexibility index (Phi) is 3.17. The van der Waals surface area contributed by atoms with E-state index in [-0.39, 0.29) is 0 Å². The highest BCUT2D eigenvalue weighted by molar-refractivity contribution is 5.48. The second-order valence-electron chi connectivity index (χ2n) is 4.75. The molecular weight excluding hydrogens is 200 g/mol. The van der Waals surface area contributed by atoms with Crippen LogP contribution in [0, 0.1) is 6.92 Å². The third kappa shape index (κ3) is 2.36. The molecule has 0 amide bonds. The van der Waals surface area contributed by atoms with Crippen molar-refractivity contribution in [2.24, 2.45) is 5.73 Å². The number of aliphatic hydroxyl groups is 1. The standard InChI is InChI=1S/C13H20N2O/c1-11-3-2-4-12(9-11)15-7-5-13(16,10-14)6-8-15/h2-4,9,16H,5-8,10,14H2,1H3. The summed E-state index contributed by atoms with van der Waals surface area (Å²) in [5.41, 5.74) is 7.46. The molecule has 0 unspecified atom stereocenters. The van der Waals surface area contributed by atoms with Crippen molar-refractivity contribution in [3.63, 3.8) is 0 Å². The lowest BCUT2D eigenvalue weighted by Gasteiger charge is -2.38. The number of piperidine rings is 1. The molecule has 1 aromatic rings. The average Bonchev–Trinajstić information content (AvgIpc) is 2.30. The largest absolute Gasteiger partial charge is 0.388 e. The Hall–Kier alpha value is -1.06. The molecule has 0 radical (unpaired) electrons. The van der Waals surface area contributed by atoms with Crippen molar-refractivity contribution < 1.29 is 5.11 Å². The van der Waals surface area contributed by atoms with Gasteiger partial charge in [-0.1, -0.05) is 12.1 Å². The smallest absolute Gasteiger partial charge is 0.0803 e. The van der Waals surface area contributed by atoms with Gasteiger partial charge in [0.15, 0.2) is 0 Å². The second kappa shape index (κ2) is 4.44. The summed E-state index contributed by atoms with van der Waals surface area (Å²) in [6.07, 6.45) is 1.52. The topological polar surface area (TPSA) is 49.5 Å². The first-order valence-corrected chi connectivity index (χ1v) is 5.87.